The van der Waals surface area contributed by atoms with Crippen LogP contribution in [0.25, 0.3) is 10.1 Å². The van der Waals surface area contributed by atoms with Crippen molar-refractivity contribution in [2.75, 3.05) is 0 Å². The van der Waals surface area contributed by atoms with Crippen molar-refractivity contribution in [3.05, 3.63) is 35.0 Å². The molecule has 0 aliphatic heterocycles. The van der Waals surface area contributed by atoms with Crippen molar-refractivity contribution in [2.24, 2.45) is 17.7 Å². The van der Waals surface area contributed by atoms with E-state index in [4.69, 9.17) is 5.84 Å². The molecule has 1 aliphatic carbocycles. The molecule has 0 amide bonds. The molecule has 1 unspecified atom stereocenters. The Hall–Kier alpha value is -0.970. The van der Waals surface area contributed by atoms with Gasteiger partial charge in [-0.1, -0.05) is 26.2 Å². The van der Waals surface area contributed by atoms with Crippen LogP contribution in [0.3, 0.4) is 0 Å². The number of nitrogens with two attached hydrogens (primary N) is 1. The highest BCUT2D eigenvalue weighted by atomic mass is 32.1. The van der Waals surface area contributed by atoms with Crippen molar-refractivity contribution >= 4 is 21.4 Å². The molecule has 1 aliphatic rings. The molecule has 0 bridgehead atoms. The van der Waals surface area contributed by atoms with Gasteiger partial charge in [0, 0.05) is 9.58 Å². The minimum atomic E-state index is -0.174. The summed E-state index contributed by atoms with van der Waals surface area (Å²) in [6, 6.07) is 7.29. The maximum Gasteiger partial charge on any atom is 0.123 e. The molecular formula is C17H23FN2S. The number of fused-ring (bicyclic) bond motifs is 1. The van der Waals surface area contributed by atoms with Crippen molar-refractivity contribution in [1.29, 1.82) is 0 Å². The van der Waals surface area contributed by atoms with Gasteiger partial charge >= 0.3 is 0 Å². The third-order valence-electron chi connectivity index (χ3n) is 4.92. The molecule has 2 aromatic rings. The van der Waals surface area contributed by atoms with E-state index in [0.717, 1.165) is 16.0 Å². The van der Waals surface area contributed by atoms with Gasteiger partial charge in [-0.3, -0.25) is 11.3 Å². The molecule has 0 radical (unpaired) electrons. The molecule has 0 spiro atoms. The Morgan fingerprint density at radius 3 is 2.71 bits per heavy atom. The van der Waals surface area contributed by atoms with E-state index >= 15 is 0 Å². The predicted molar refractivity (Wildman–Crippen MR) is 87.6 cm³/mol. The van der Waals surface area contributed by atoms with E-state index in [2.05, 4.69) is 18.4 Å². The Bertz CT molecular complexity index is 602. The molecule has 114 valence electrons. The molecule has 1 heterocycles. The first-order chi connectivity index (χ1) is 10.2. The Labute approximate surface area is 129 Å². The first kappa shape index (κ1) is 14.9. The summed E-state index contributed by atoms with van der Waals surface area (Å²) in [5.74, 6) is 7.14. The van der Waals surface area contributed by atoms with Crippen LogP contribution >= 0.6 is 11.3 Å². The van der Waals surface area contributed by atoms with Gasteiger partial charge in [0.05, 0.1) is 6.04 Å². The third-order valence-corrected chi connectivity index (χ3v) is 6.12. The van der Waals surface area contributed by atoms with Gasteiger partial charge in [-0.25, -0.2) is 4.39 Å². The van der Waals surface area contributed by atoms with Crippen molar-refractivity contribution < 1.29 is 4.39 Å². The monoisotopic (exact) mass is 306 g/mol. The van der Waals surface area contributed by atoms with E-state index < -0.39 is 0 Å². The lowest BCUT2D eigenvalue weighted by molar-refractivity contribution is 0.221. The summed E-state index contributed by atoms with van der Waals surface area (Å²) in [5.41, 5.74) is 3.01. The van der Waals surface area contributed by atoms with Crippen molar-refractivity contribution in [2.45, 2.75) is 45.1 Å². The Morgan fingerprint density at radius 1 is 1.29 bits per heavy atom. The zero-order valence-corrected chi connectivity index (χ0v) is 13.3. The Balaban J connectivity index is 1.81. The fourth-order valence-electron chi connectivity index (χ4n) is 3.57. The minimum Gasteiger partial charge on any atom is -0.271 e. The summed E-state index contributed by atoms with van der Waals surface area (Å²) in [6.45, 7) is 2.28. The van der Waals surface area contributed by atoms with Gasteiger partial charge in [0.1, 0.15) is 5.82 Å². The summed E-state index contributed by atoms with van der Waals surface area (Å²) in [6.07, 6.45) is 6.36. The van der Waals surface area contributed by atoms with E-state index in [1.807, 2.05) is 6.07 Å². The lowest BCUT2D eigenvalue weighted by Gasteiger charge is -2.32. The summed E-state index contributed by atoms with van der Waals surface area (Å²) < 4.78 is 14.5. The fourth-order valence-corrected chi connectivity index (χ4v) is 4.77. The Kier molecular flexibility index (Phi) is 4.57. The number of hydrazine groups is 1. The van der Waals surface area contributed by atoms with Crippen molar-refractivity contribution in [1.82, 2.24) is 5.43 Å². The molecule has 2 nitrogen and oxygen atoms in total. The molecule has 3 rings (SSSR count). The van der Waals surface area contributed by atoms with Crippen LogP contribution in [-0.2, 0) is 0 Å². The molecule has 1 aromatic heterocycles. The van der Waals surface area contributed by atoms with Gasteiger partial charge in [0.15, 0.2) is 0 Å². The average Bonchev–Trinajstić information content (AvgIpc) is 2.91. The zero-order chi connectivity index (χ0) is 14.8. The standard InChI is InChI=1S/C17H23FN2S/c1-2-11-3-5-12(6-4-11)17(20-19)16-10-13-9-14(18)7-8-15(13)21-16/h7-12,17,20H,2-6,19H2,1H3. The largest absolute Gasteiger partial charge is 0.271 e. The summed E-state index contributed by atoms with van der Waals surface area (Å²) >= 11 is 1.73. The second-order valence-corrected chi connectivity index (χ2v) is 7.28. The van der Waals surface area contributed by atoms with Crippen LogP contribution in [0.1, 0.15) is 49.9 Å². The van der Waals surface area contributed by atoms with Gasteiger partial charge in [0.2, 0.25) is 0 Å². The number of hydrogen-bond donors (Lipinski definition) is 2. The van der Waals surface area contributed by atoms with Crippen LogP contribution in [0.4, 0.5) is 4.39 Å². The molecule has 3 N–H and O–H groups in total. The van der Waals surface area contributed by atoms with E-state index in [0.29, 0.717) is 5.92 Å². The summed E-state index contributed by atoms with van der Waals surface area (Å²) in [4.78, 5) is 1.23. The number of hydrogen-bond acceptors (Lipinski definition) is 3. The molecule has 1 aromatic carbocycles. The number of rotatable bonds is 4. The normalized spacial score (nSPS) is 24.3. The minimum absolute atomic E-state index is 0.174. The zero-order valence-electron chi connectivity index (χ0n) is 12.4. The topological polar surface area (TPSA) is 38.0 Å². The number of thiophene rings is 1. The first-order valence-electron chi connectivity index (χ1n) is 7.86. The van der Waals surface area contributed by atoms with Gasteiger partial charge in [0.25, 0.3) is 0 Å². The van der Waals surface area contributed by atoms with E-state index in [-0.39, 0.29) is 11.9 Å². The van der Waals surface area contributed by atoms with Gasteiger partial charge < -0.3 is 0 Å². The highest BCUT2D eigenvalue weighted by Gasteiger charge is 2.28. The van der Waals surface area contributed by atoms with Crippen LogP contribution in [-0.4, -0.2) is 0 Å². The molecule has 1 atom stereocenters. The highest BCUT2D eigenvalue weighted by molar-refractivity contribution is 7.19. The Morgan fingerprint density at radius 2 is 2.05 bits per heavy atom. The molecule has 0 saturated heterocycles. The number of halogens is 1. The third kappa shape index (κ3) is 3.12. The van der Waals surface area contributed by atoms with Crippen LogP contribution in [0.2, 0.25) is 0 Å². The average molecular weight is 306 g/mol. The first-order valence-corrected chi connectivity index (χ1v) is 8.68. The van der Waals surface area contributed by atoms with E-state index in [1.165, 1.54) is 43.0 Å². The quantitative estimate of drug-likeness (QED) is 0.631. The molecular weight excluding hydrogens is 283 g/mol. The number of nitrogens with one attached hydrogen (secondary N) is 1. The lowest BCUT2D eigenvalue weighted by Crippen LogP contribution is -2.34. The van der Waals surface area contributed by atoms with Gasteiger partial charge in [-0.2, -0.15) is 0 Å². The van der Waals surface area contributed by atoms with E-state index in [1.54, 1.807) is 17.4 Å². The summed E-state index contributed by atoms with van der Waals surface area (Å²) in [5, 5.41) is 0.984. The lowest BCUT2D eigenvalue weighted by atomic mass is 9.77. The van der Waals surface area contributed by atoms with Crippen LogP contribution in [0.5, 0.6) is 0 Å². The fraction of sp³-hybridized carbons (Fsp3) is 0.529. The summed E-state index contributed by atoms with van der Waals surface area (Å²) in [7, 11) is 0. The second kappa shape index (κ2) is 6.42. The smallest absolute Gasteiger partial charge is 0.123 e. The molecule has 21 heavy (non-hydrogen) atoms. The molecule has 1 fully saturated rings. The molecule has 4 heteroatoms. The van der Waals surface area contributed by atoms with Crippen molar-refractivity contribution in [3.63, 3.8) is 0 Å². The SMILES string of the molecule is CCC1CCC(C(NN)c2cc3cc(F)ccc3s2)CC1. The van der Waals surface area contributed by atoms with Gasteiger partial charge in [-0.15, -0.1) is 11.3 Å². The number of benzene rings is 1. The second-order valence-electron chi connectivity index (χ2n) is 6.16. The van der Waals surface area contributed by atoms with Gasteiger partial charge in [-0.05, 0) is 54.3 Å². The predicted octanol–water partition coefficient (Wildman–Crippen LogP) is 4.76. The highest BCUT2D eigenvalue weighted by Crippen LogP contribution is 2.40. The molecule has 1 saturated carbocycles. The van der Waals surface area contributed by atoms with Crippen LogP contribution in [0.15, 0.2) is 24.3 Å². The maximum absolute atomic E-state index is 13.3. The van der Waals surface area contributed by atoms with Crippen LogP contribution < -0.4 is 11.3 Å². The van der Waals surface area contributed by atoms with Crippen LogP contribution in [0, 0.1) is 17.7 Å². The maximum atomic E-state index is 13.3. The van der Waals surface area contributed by atoms with Crippen molar-refractivity contribution in [3.8, 4) is 0 Å². The van der Waals surface area contributed by atoms with E-state index in [9.17, 15) is 4.39 Å².